The Morgan fingerprint density at radius 2 is 1.02 bits per heavy atom. The van der Waals surface area contributed by atoms with Gasteiger partial charge in [-0.3, -0.25) is 0 Å². The molecule has 3 heteroatoms. The monoisotopic (exact) mass is 509 g/mol. The minimum Gasteiger partial charge on any atom is -0.309 e. The van der Waals surface area contributed by atoms with Gasteiger partial charge in [0.05, 0.1) is 34.3 Å². The minimum atomic E-state index is 0.642. The standard InChI is InChI=1S/C37H23N3/c1-38-26-12-10-11-25(23-26)28-13-2-6-17-33(28)40-36-20-9-5-16-31(36)32-22-21-27(24-37(32)40)39-34-18-7-3-14-29(34)30-15-4-8-19-35(30)39/h2-24H. The zero-order valence-corrected chi connectivity index (χ0v) is 21.6. The van der Waals surface area contributed by atoms with Crippen LogP contribution < -0.4 is 0 Å². The summed E-state index contributed by atoms with van der Waals surface area (Å²) in [4.78, 5) is 3.68. The lowest BCUT2D eigenvalue weighted by Gasteiger charge is -2.15. The van der Waals surface area contributed by atoms with Crippen LogP contribution in [-0.2, 0) is 0 Å². The van der Waals surface area contributed by atoms with Gasteiger partial charge in [0, 0.05) is 32.8 Å². The summed E-state index contributed by atoms with van der Waals surface area (Å²) < 4.78 is 4.75. The smallest absolute Gasteiger partial charge is 0.187 e. The number of hydrogen-bond acceptors (Lipinski definition) is 0. The van der Waals surface area contributed by atoms with Crippen LogP contribution in [-0.4, -0.2) is 9.13 Å². The summed E-state index contributed by atoms with van der Waals surface area (Å²) >= 11 is 0. The van der Waals surface area contributed by atoms with Crippen molar-refractivity contribution in [3.05, 3.63) is 151 Å². The zero-order chi connectivity index (χ0) is 26.6. The van der Waals surface area contributed by atoms with Crippen molar-refractivity contribution in [2.24, 2.45) is 0 Å². The van der Waals surface area contributed by atoms with E-state index < -0.39 is 0 Å². The first-order chi connectivity index (χ1) is 19.8. The summed E-state index contributed by atoms with van der Waals surface area (Å²) in [6.07, 6.45) is 0. The molecular formula is C37H23N3. The maximum absolute atomic E-state index is 7.54. The van der Waals surface area contributed by atoms with Crippen LogP contribution in [0.5, 0.6) is 0 Å². The van der Waals surface area contributed by atoms with Gasteiger partial charge in [0.25, 0.3) is 0 Å². The molecule has 0 saturated carbocycles. The second-order valence-electron chi connectivity index (χ2n) is 10.1. The summed E-state index contributed by atoms with van der Waals surface area (Å²) in [5, 5.41) is 4.94. The molecule has 0 aliphatic heterocycles. The van der Waals surface area contributed by atoms with E-state index in [0.717, 1.165) is 33.5 Å². The molecule has 0 amide bonds. The van der Waals surface area contributed by atoms with Crippen molar-refractivity contribution < 1.29 is 0 Å². The van der Waals surface area contributed by atoms with Gasteiger partial charge in [-0.2, -0.15) is 0 Å². The highest BCUT2D eigenvalue weighted by Gasteiger charge is 2.18. The van der Waals surface area contributed by atoms with Gasteiger partial charge in [-0.05, 0) is 48.0 Å². The number of nitrogens with zero attached hydrogens (tertiary/aromatic N) is 3. The number of benzene rings is 6. The van der Waals surface area contributed by atoms with Gasteiger partial charge in [-0.1, -0.05) is 97.1 Å². The molecule has 2 aromatic heterocycles. The van der Waals surface area contributed by atoms with E-state index in [0.29, 0.717) is 5.69 Å². The van der Waals surface area contributed by atoms with Crippen LogP contribution in [0.2, 0.25) is 0 Å². The Bertz CT molecular complexity index is 2240. The Hall–Kier alpha value is -5.59. The molecule has 0 N–H and O–H groups in total. The van der Waals surface area contributed by atoms with E-state index in [1.165, 1.54) is 32.6 Å². The minimum absolute atomic E-state index is 0.642. The second-order valence-corrected chi connectivity index (χ2v) is 10.1. The van der Waals surface area contributed by atoms with Crippen LogP contribution >= 0.6 is 0 Å². The van der Waals surface area contributed by atoms with Gasteiger partial charge in [0.1, 0.15) is 0 Å². The normalized spacial score (nSPS) is 11.5. The Kier molecular flexibility index (Phi) is 4.89. The van der Waals surface area contributed by atoms with Crippen LogP contribution in [0.3, 0.4) is 0 Å². The van der Waals surface area contributed by atoms with Crippen LogP contribution in [0.4, 0.5) is 5.69 Å². The molecule has 0 aliphatic carbocycles. The van der Waals surface area contributed by atoms with Gasteiger partial charge in [0.2, 0.25) is 0 Å². The molecule has 0 saturated heterocycles. The average molecular weight is 510 g/mol. The molecule has 2 heterocycles. The highest BCUT2D eigenvalue weighted by Crippen LogP contribution is 2.39. The molecule has 0 radical (unpaired) electrons. The van der Waals surface area contributed by atoms with E-state index in [2.05, 4.69) is 135 Å². The Balaban J connectivity index is 1.46. The Labute approximate surface area is 231 Å². The predicted octanol–water partition coefficient (Wildman–Crippen LogP) is 10.1. The van der Waals surface area contributed by atoms with E-state index in [-0.39, 0.29) is 0 Å². The van der Waals surface area contributed by atoms with Crippen molar-refractivity contribution in [3.8, 4) is 22.5 Å². The predicted molar refractivity (Wildman–Crippen MR) is 167 cm³/mol. The van der Waals surface area contributed by atoms with E-state index in [1.807, 2.05) is 18.2 Å². The van der Waals surface area contributed by atoms with Crippen molar-refractivity contribution in [1.29, 1.82) is 0 Å². The van der Waals surface area contributed by atoms with Crippen molar-refractivity contribution >= 4 is 49.3 Å². The molecule has 0 spiro atoms. The molecular weight excluding hydrogens is 486 g/mol. The van der Waals surface area contributed by atoms with Gasteiger partial charge in [-0.25, -0.2) is 4.85 Å². The third-order valence-electron chi connectivity index (χ3n) is 7.93. The third-order valence-corrected chi connectivity index (χ3v) is 7.93. The van der Waals surface area contributed by atoms with Gasteiger partial charge >= 0.3 is 0 Å². The fourth-order valence-electron chi connectivity index (χ4n) is 6.21. The SMILES string of the molecule is [C-]#[N+]c1cccc(-c2ccccc2-n2c3ccccc3c3ccc(-n4c5ccccc5c5ccccc54)cc32)c1. The first-order valence-electron chi connectivity index (χ1n) is 13.4. The topological polar surface area (TPSA) is 14.2 Å². The summed E-state index contributed by atoms with van der Waals surface area (Å²) in [5.74, 6) is 0. The summed E-state index contributed by atoms with van der Waals surface area (Å²) in [6, 6.07) is 49.1. The first-order valence-corrected chi connectivity index (χ1v) is 13.4. The van der Waals surface area contributed by atoms with Crippen LogP contribution in [0.1, 0.15) is 0 Å². The second kappa shape index (κ2) is 8.73. The van der Waals surface area contributed by atoms with Gasteiger partial charge < -0.3 is 9.13 Å². The number of rotatable bonds is 3. The molecule has 40 heavy (non-hydrogen) atoms. The van der Waals surface area contributed by atoms with E-state index in [1.54, 1.807) is 0 Å². The van der Waals surface area contributed by atoms with Crippen LogP contribution in [0.15, 0.2) is 140 Å². The highest BCUT2D eigenvalue weighted by molar-refractivity contribution is 6.12. The van der Waals surface area contributed by atoms with E-state index >= 15 is 0 Å². The molecule has 186 valence electrons. The molecule has 0 aliphatic rings. The summed E-state index contributed by atoms with van der Waals surface area (Å²) in [6.45, 7) is 7.54. The fourth-order valence-corrected chi connectivity index (χ4v) is 6.21. The maximum Gasteiger partial charge on any atom is 0.187 e. The van der Waals surface area contributed by atoms with Crippen molar-refractivity contribution in [2.45, 2.75) is 0 Å². The molecule has 8 aromatic rings. The summed E-state index contributed by atoms with van der Waals surface area (Å²) in [7, 11) is 0. The Morgan fingerprint density at radius 1 is 0.450 bits per heavy atom. The highest BCUT2D eigenvalue weighted by atomic mass is 15.0. The summed E-state index contributed by atoms with van der Waals surface area (Å²) in [5.41, 5.74) is 9.69. The molecule has 0 bridgehead atoms. The van der Waals surface area contributed by atoms with Crippen molar-refractivity contribution in [3.63, 3.8) is 0 Å². The molecule has 6 aromatic carbocycles. The molecule has 8 rings (SSSR count). The molecule has 0 atom stereocenters. The van der Waals surface area contributed by atoms with Crippen LogP contribution in [0, 0.1) is 6.57 Å². The van der Waals surface area contributed by atoms with Crippen molar-refractivity contribution in [1.82, 2.24) is 9.13 Å². The lowest BCUT2D eigenvalue weighted by molar-refractivity contribution is 1.16. The van der Waals surface area contributed by atoms with Crippen molar-refractivity contribution in [2.75, 3.05) is 0 Å². The average Bonchev–Trinajstić information content (AvgIpc) is 3.53. The number of fused-ring (bicyclic) bond motifs is 6. The number of hydrogen-bond donors (Lipinski definition) is 0. The van der Waals surface area contributed by atoms with E-state index in [4.69, 9.17) is 6.57 Å². The zero-order valence-electron chi connectivity index (χ0n) is 21.6. The Morgan fingerprint density at radius 3 is 1.70 bits per heavy atom. The van der Waals surface area contributed by atoms with E-state index in [9.17, 15) is 0 Å². The number of aromatic nitrogens is 2. The van der Waals surface area contributed by atoms with Gasteiger partial charge in [-0.15, -0.1) is 0 Å². The largest absolute Gasteiger partial charge is 0.309 e. The van der Waals surface area contributed by atoms with Crippen LogP contribution in [0.25, 0.3) is 71.0 Å². The quantitative estimate of drug-likeness (QED) is 0.210. The number of para-hydroxylation sites is 4. The lowest BCUT2D eigenvalue weighted by atomic mass is 10.0. The molecule has 0 unspecified atom stereocenters. The first kappa shape index (κ1) is 22.4. The fraction of sp³-hybridized carbons (Fsp3) is 0. The maximum atomic E-state index is 7.54. The third kappa shape index (κ3) is 3.24. The molecule has 3 nitrogen and oxygen atoms in total. The van der Waals surface area contributed by atoms with Gasteiger partial charge in [0.15, 0.2) is 5.69 Å². The molecule has 0 fully saturated rings. The lowest BCUT2D eigenvalue weighted by Crippen LogP contribution is -1.98.